The van der Waals surface area contributed by atoms with Crippen molar-refractivity contribution in [3.05, 3.63) is 71.8 Å². The van der Waals surface area contributed by atoms with Gasteiger partial charge in [-0.15, -0.1) is 5.10 Å². The van der Waals surface area contributed by atoms with Gasteiger partial charge in [-0.05, 0) is 30.8 Å². The lowest BCUT2D eigenvalue weighted by Crippen LogP contribution is -2.48. The molecule has 4 rings (SSSR count). The first-order chi connectivity index (χ1) is 15.8. The van der Waals surface area contributed by atoms with Crippen molar-refractivity contribution in [1.29, 1.82) is 0 Å². The molecule has 2 heterocycles. The maximum atomic E-state index is 14.0. The van der Waals surface area contributed by atoms with E-state index in [0.717, 1.165) is 22.9 Å². The molecule has 3 amide bonds. The standard InChI is InChI=1S/C24H24N4O4S/c1-5-12-32-21-9-7-6-8-18(21)14-27-20-11-10-15(2)13-19(20)24(22(27)31)28(17(4)30)26-23(33-24)25-16(3)29/h5-11,13H,1,12,14H2,2-4H3,(H,25,26,29)/t24-/m1/s1. The van der Waals surface area contributed by atoms with Crippen LogP contribution in [0.2, 0.25) is 0 Å². The third kappa shape index (κ3) is 3.89. The first-order valence-electron chi connectivity index (χ1n) is 10.4. The van der Waals surface area contributed by atoms with E-state index in [1.54, 1.807) is 11.0 Å². The van der Waals surface area contributed by atoms with Crippen LogP contribution in [0.15, 0.2) is 60.2 Å². The molecule has 9 heteroatoms. The van der Waals surface area contributed by atoms with Gasteiger partial charge in [0.05, 0.1) is 12.2 Å². The van der Waals surface area contributed by atoms with Crippen LogP contribution < -0.4 is 15.0 Å². The van der Waals surface area contributed by atoms with Crippen LogP contribution >= 0.6 is 11.8 Å². The van der Waals surface area contributed by atoms with Crippen LogP contribution in [-0.2, 0) is 25.8 Å². The number of rotatable bonds is 5. The van der Waals surface area contributed by atoms with Gasteiger partial charge in [-0.25, -0.2) is 0 Å². The van der Waals surface area contributed by atoms with Gasteiger partial charge in [-0.2, -0.15) is 5.01 Å². The maximum Gasteiger partial charge on any atom is 0.271 e. The molecule has 0 unspecified atom stereocenters. The normalized spacial score (nSPS) is 18.9. The number of hydrogen-bond acceptors (Lipinski definition) is 6. The number of benzene rings is 2. The molecule has 0 saturated carbocycles. The summed E-state index contributed by atoms with van der Waals surface area (Å²) < 4.78 is 5.78. The van der Waals surface area contributed by atoms with E-state index in [9.17, 15) is 14.4 Å². The van der Waals surface area contributed by atoms with Gasteiger partial charge in [0.2, 0.25) is 16.7 Å². The van der Waals surface area contributed by atoms with E-state index in [1.165, 1.54) is 18.9 Å². The number of fused-ring (bicyclic) bond motifs is 2. The van der Waals surface area contributed by atoms with E-state index in [1.807, 2.05) is 49.4 Å². The third-order valence-electron chi connectivity index (χ3n) is 5.32. The highest BCUT2D eigenvalue weighted by molar-refractivity contribution is 8.15. The van der Waals surface area contributed by atoms with Gasteiger partial charge in [0, 0.05) is 25.0 Å². The lowest BCUT2D eigenvalue weighted by atomic mass is 10.0. The molecule has 1 N–H and O–H groups in total. The molecule has 170 valence electrons. The zero-order valence-electron chi connectivity index (χ0n) is 18.6. The number of hydrogen-bond donors (Lipinski definition) is 1. The summed E-state index contributed by atoms with van der Waals surface area (Å²) in [5.74, 6) is -0.398. The fourth-order valence-corrected chi connectivity index (χ4v) is 5.30. The van der Waals surface area contributed by atoms with Crippen molar-refractivity contribution in [3.8, 4) is 5.75 Å². The number of amidine groups is 1. The first kappa shape index (κ1) is 22.6. The summed E-state index contributed by atoms with van der Waals surface area (Å²) in [6.45, 7) is 8.90. The predicted molar refractivity (Wildman–Crippen MR) is 128 cm³/mol. The van der Waals surface area contributed by atoms with Gasteiger partial charge in [-0.3, -0.25) is 14.4 Å². The minimum Gasteiger partial charge on any atom is -0.489 e. The van der Waals surface area contributed by atoms with E-state index in [-0.39, 0.29) is 23.5 Å². The molecule has 2 aliphatic heterocycles. The average Bonchev–Trinajstić information content (AvgIpc) is 3.25. The van der Waals surface area contributed by atoms with Gasteiger partial charge in [-0.1, -0.05) is 48.6 Å². The Balaban J connectivity index is 1.80. The molecule has 2 aromatic rings. The zero-order chi connectivity index (χ0) is 23.8. The molecule has 8 nitrogen and oxygen atoms in total. The fourth-order valence-electron chi connectivity index (χ4n) is 3.98. The number of aryl methyl sites for hydroxylation is 1. The SMILES string of the molecule is C=CCOc1ccccc1CN1C(=O)[C@]2(SC(NC(C)=O)=NN2C(C)=O)c2cc(C)ccc21. The van der Waals surface area contributed by atoms with Gasteiger partial charge >= 0.3 is 0 Å². The molecule has 2 aliphatic rings. The van der Waals surface area contributed by atoms with E-state index in [0.29, 0.717) is 23.6 Å². The number of hydrazone groups is 1. The number of carbonyl (C=O) groups is 3. The van der Waals surface area contributed by atoms with Crippen LogP contribution in [0.4, 0.5) is 5.69 Å². The lowest BCUT2D eigenvalue weighted by Gasteiger charge is -2.29. The molecule has 33 heavy (non-hydrogen) atoms. The first-order valence-corrected chi connectivity index (χ1v) is 11.2. The Morgan fingerprint density at radius 3 is 2.70 bits per heavy atom. The summed E-state index contributed by atoms with van der Waals surface area (Å²) >= 11 is 1.06. The largest absolute Gasteiger partial charge is 0.489 e. The Labute approximate surface area is 196 Å². The second-order valence-corrected chi connectivity index (χ2v) is 8.96. The number of ether oxygens (including phenoxy) is 1. The second-order valence-electron chi connectivity index (χ2n) is 7.78. The van der Waals surface area contributed by atoms with Gasteiger partial charge in [0.15, 0.2) is 5.17 Å². The summed E-state index contributed by atoms with van der Waals surface area (Å²) in [5, 5.41) is 8.28. The van der Waals surface area contributed by atoms with E-state index >= 15 is 0 Å². The van der Waals surface area contributed by atoms with Crippen molar-refractivity contribution in [2.75, 3.05) is 11.5 Å². The summed E-state index contributed by atoms with van der Waals surface area (Å²) in [7, 11) is 0. The van der Waals surface area contributed by atoms with Crippen molar-refractivity contribution in [1.82, 2.24) is 10.3 Å². The number of nitrogens with one attached hydrogen (secondary N) is 1. The van der Waals surface area contributed by atoms with Crippen molar-refractivity contribution in [3.63, 3.8) is 0 Å². The monoisotopic (exact) mass is 464 g/mol. The highest BCUT2D eigenvalue weighted by atomic mass is 32.2. The quantitative estimate of drug-likeness (QED) is 0.686. The van der Waals surface area contributed by atoms with Crippen molar-refractivity contribution in [2.24, 2.45) is 5.10 Å². The molecule has 0 aliphatic carbocycles. The number of amides is 3. The fraction of sp³-hybridized carbons (Fsp3) is 0.250. The van der Waals surface area contributed by atoms with Crippen LogP contribution in [0.5, 0.6) is 5.75 Å². The molecule has 1 atom stereocenters. The number of nitrogens with zero attached hydrogens (tertiary/aromatic N) is 3. The molecule has 0 fully saturated rings. The Morgan fingerprint density at radius 2 is 2.00 bits per heavy atom. The molecular weight excluding hydrogens is 440 g/mol. The summed E-state index contributed by atoms with van der Waals surface area (Å²) in [4.78, 5) is 38.5. The smallest absolute Gasteiger partial charge is 0.271 e. The number of carbonyl (C=O) groups excluding carboxylic acids is 3. The van der Waals surface area contributed by atoms with E-state index < -0.39 is 10.8 Å². The number of thioether (sulfide) groups is 1. The molecule has 0 radical (unpaired) electrons. The topological polar surface area (TPSA) is 91.3 Å². The lowest BCUT2D eigenvalue weighted by molar-refractivity contribution is -0.139. The van der Waals surface area contributed by atoms with Crippen molar-refractivity contribution < 1.29 is 19.1 Å². The second kappa shape index (κ2) is 8.74. The maximum absolute atomic E-state index is 14.0. The number of para-hydroxylation sites is 1. The Morgan fingerprint density at radius 1 is 1.24 bits per heavy atom. The third-order valence-corrected chi connectivity index (χ3v) is 6.56. The minimum absolute atomic E-state index is 0.204. The Hall–Kier alpha value is -3.59. The average molecular weight is 465 g/mol. The van der Waals surface area contributed by atoms with Crippen LogP contribution in [0.1, 0.15) is 30.5 Å². The molecule has 0 aromatic heterocycles. The number of anilines is 1. The van der Waals surface area contributed by atoms with Crippen molar-refractivity contribution in [2.45, 2.75) is 32.2 Å². The van der Waals surface area contributed by atoms with Gasteiger partial charge < -0.3 is 15.0 Å². The van der Waals surface area contributed by atoms with Crippen LogP contribution in [0.25, 0.3) is 0 Å². The van der Waals surface area contributed by atoms with Gasteiger partial charge in [0.25, 0.3) is 5.91 Å². The molecule has 1 spiro atoms. The molecular formula is C24H24N4O4S. The van der Waals surface area contributed by atoms with Gasteiger partial charge in [0.1, 0.15) is 12.4 Å². The Bertz CT molecular complexity index is 1190. The molecule has 0 bridgehead atoms. The van der Waals surface area contributed by atoms with E-state index in [4.69, 9.17) is 4.74 Å². The summed E-state index contributed by atoms with van der Waals surface area (Å²) in [5.41, 5.74) is 3.09. The summed E-state index contributed by atoms with van der Waals surface area (Å²) in [6, 6.07) is 13.2. The molecule has 0 saturated heterocycles. The predicted octanol–water partition coefficient (Wildman–Crippen LogP) is 3.26. The van der Waals surface area contributed by atoms with Crippen LogP contribution in [-0.4, -0.2) is 34.5 Å². The van der Waals surface area contributed by atoms with Crippen LogP contribution in [0.3, 0.4) is 0 Å². The zero-order valence-corrected chi connectivity index (χ0v) is 19.4. The van der Waals surface area contributed by atoms with Crippen molar-refractivity contribution >= 4 is 40.3 Å². The molecule has 2 aromatic carbocycles. The highest BCUT2D eigenvalue weighted by Gasteiger charge is 2.61. The summed E-state index contributed by atoms with van der Waals surface area (Å²) in [6.07, 6.45) is 1.66. The van der Waals surface area contributed by atoms with E-state index in [2.05, 4.69) is 17.0 Å². The Kier molecular flexibility index (Phi) is 5.99. The highest BCUT2D eigenvalue weighted by Crippen LogP contribution is 2.55. The van der Waals surface area contributed by atoms with Crippen LogP contribution in [0, 0.1) is 6.92 Å². The minimum atomic E-state index is -1.43.